The van der Waals surface area contributed by atoms with Gasteiger partial charge in [-0.1, -0.05) is 67.2 Å². The zero-order valence-electron chi connectivity index (χ0n) is 15.9. The second kappa shape index (κ2) is 7.35. The van der Waals surface area contributed by atoms with Gasteiger partial charge in [-0.3, -0.25) is 0 Å². The first-order valence-corrected chi connectivity index (χ1v) is 9.36. The topological polar surface area (TPSA) is 35.5 Å². The molecule has 0 radical (unpaired) electrons. The molecule has 0 spiro atoms. The molecule has 0 aromatic heterocycles. The molecule has 28 heavy (non-hydrogen) atoms. The quantitative estimate of drug-likeness (QED) is 0.343. The van der Waals surface area contributed by atoms with Gasteiger partial charge in [-0.15, -0.1) is 0 Å². The zero-order chi connectivity index (χ0) is 19.6. The first-order valence-electron chi connectivity index (χ1n) is 9.36. The van der Waals surface area contributed by atoms with Crippen molar-refractivity contribution >= 4 is 5.97 Å². The fourth-order valence-corrected chi connectivity index (χ4v) is 4.01. The molecule has 0 N–H and O–H groups in total. The van der Waals surface area contributed by atoms with E-state index in [0.717, 1.165) is 11.8 Å². The van der Waals surface area contributed by atoms with Gasteiger partial charge in [0.25, 0.3) is 0 Å². The first kappa shape index (κ1) is 18.1. The Morgan fingerprint density at radius 1 is 0.893 bits per heavy atom. The average Bonchev–Trinajstić information content (AvgIpc) is 3.02. The molecule has 3 nitrogen and oxygen atoms in total. The highest BCUT2D eigenvalue weighted by Gasteiger charge is 2.40. The number of hydrogen-bond donors (Lipinski definition) is 0. The highest BCUT2D eigenvalue weighted by molar-refractivity contribution is 5.83. The Morgan fingerprint density at radius 2 is 1.46 bits per heavy atom. The van der Waals surface area contributed by atoms with Gasteiger partial charge in [0.1, 0.15) is 19.0 Å². The maximum absolute atomic E-state index is 11.1. The molecule has 0 atom stereocenters. The minimum Gasteiger partial charge on any atom is -0.490 e. The van der Waals surface area contributed by atoms with Crippen LogP contribution in [0.4, 0.5) is 0 Å². The van der Waals surface area contributed by atoms with Crippen molar-refractivity contribution in [2.45, 2.75) is 12.3 Å². The molecule has 3 heteroatoms. The molecular formula is C25H22O3. The van der Waals surface area contributed by atoms with Crippen LogP contribution in [0, 0.1) is 0 Å². The zero-order valence-corrected chi connectivity index (χ0v) is 15.9. The smallest absolute Gasteiger partial charge is 0.330 e. The SMILES string of the molecule is C=CC(=O)OCCOc1ccc(C2(C)c3ccccc3-c3ccccc32)cc1. The van der Waals surface area contributed by atoms with Crippen molar-refractivity contribution in [1.82, 2.24) is 0 Å². The Hall–Kier alpha value is -3.33. The van der Waals surface area contributed by atoms with Crippen LogP contribution in [0.5, 0.6) is 5.75 Å². The van der Waals surface area contributed by atoms with E-state index in [1.807, 2.05) is 12.1 Å². The molecule has 0 unspecified atom stereocenters. The van der Waals surface area contributed by atoms with E-state index in [-0.39, 0.29) is 12.0 Å². The highest BCUT2D eigenvalue weighted by Crippen LogP contribution is 2.52. The molecule has 0 bridgehead atoms. The van der Waals surface area contributed by atoms with Crippen LogP contribution in [0.25, 0.3) is 11.1 Å². The summed E-state index contributed by atoms with van der Waals surface area (Å²) in [7, 11) is 0. The maximum Gasteiger partial charge on any atom is 0.330 e. The van der Waals surface area contributed by atoms with Crippen molar-refractivity contribution in [3.05, 3.63) is 102 Å². The van der Waals surface area contributed by atoms with Gasteiger partial charge < -0.3 is 9.47 Å². The Morgan fingerprint density at radius 3 is 2.04 bits per heavy atom. The van der Waals surface area contributed by atoms with Crippen molar-refractivity contribution in [1.29, 1.82) is 0 Å². The fourth-order valence-electron chi connectivity index (χ4n) is 4.01. The molecule has 1 aliphatic rings. The van der Waals surface area contributed by atoms with E-state index in [4.69, 9.17) is 9.47 Å². The molecule has 0 heterocycles. The highest BCUT2D eigenvalue weighted by atomic mass is 16.6. The van der Waals surface area contributed by atoms with E-state index < -0.39 is 5.97 Å². The van der Waals surface area contributed by atoms with E-state index >= 15 is 0 Å². The van der Waals surface area contributed by atoms with Crippen LogP contribution in [0.15, 0.2) is 85.5 Å². The predicted molar refractivity (Wildman–Crippen MR) is 111 cm³/mol. The van der Waals surface area contributed by atoms with Gasteiger partial charge in [-0.25, -0.2) is 4.79 Å². The predicted octanol–water partition coefficient (Wildman–Crippen LogP) is 5.13. The van der Waals surface area contributed by atoms with Crippen molar-refractivity contribution in [3.8, 4) is 16.9 Å². The third kappa shape index (κ3) is 2.99. The second-order valence-corrected chi connectivity index (χ2v) is 6.96. The summed E-state index contributed by atoms with van der Waals surface area (Å²) in [5.74, 6) is 0.312. The number of rotatable bonds is 6. The molecule has 0 aliphatic heterocycles. The number of carbonyl (C=O) groups is 1. The Kier molecular flexibility index (Phi) is 4.74. The van der Waals surface area contributed by atoms with Gasteiger partial charge >= 0.3 is 5.97 Å². The lowest BCUT2D eigenvalue weighted by atomic mass is 9.74. The number of fused-ring (bicyclic) bond motifs is 3. The molecule has 0 fully saturated rings. The summed E-state index contributed by atoms with van der Waals surface area (Å²) in [6.45, 7) is 6.16. The lowest BCUT2D eigenvalue weighted by molar-refractivity contribution is -0.138. The standard InChI is InChI=1S/C25H22O3/c1-3-24(26)28-17-16-27-19-14-12-18(13-15-19)25(2)22-10-6-4-8-20(22)21-9-5-7-11-23(21)25/h3-15H,1,16-17H2,2H3. The summed E-state index contributed by atoms with van der Waals surface area (Å²) in [6.07, 6.45) is 1.15. The summed E-state index contributed by atoms with van der Waals surface area (Å²) in [5, 5.41) is 0. The molecule has 1 aliphatic carbocycles. The van der Waals surface area contributed by atoms with E-state index in [2.05, 4.69) is 74.2 Å². The number of carbonyl (C=O) groups excluding carboxylic acids is 1. The second-order valence-electron chi connectivity index (χ2n) is 6.96. The molecule has 0 saturated carbocycles. The van der Waals surface area contributed by atoms with Crippen LogP contribution in [0.1, 0.15) is 23.6 Å². The normalized spacial score (nSPS) is 13.3. The number of hydrogen-bond acceptors (Lipinski definition) is 3. The van der Waals surface area contributed by atoms with Gasteiger partial charge in [0.05, 0.1) is 0 Å². The lowest BCUT2D eigenvalue weighted by Crippen LogP contribution is -2.22. The van der Waals surface area contributed by atoms with Crippen molar-refractivity contribution in [2.24, 2.45) is 0 Å². The Balaban J connectivity index is 1.59. The van der Waals surface area contributed by atoms with Crippen molar-refractivity contribution in [2.75, 3.05) is 13.2 Å². The van der Waals surface area contributed by atoms with E-state index in [0.29, 0.717) is 6.61 Å². The summed E-state index contributed by atoms with van der Waals surface area (Å²) in [5.41, 5.74) is 6.25. The molecule has 4 rings (SSSR count). The molecular weight excluding hydrogens is 348 g/mol. The number of benzene rings is 3. The molecule has 0 amide bonds. The van der Waals surface area contributed by atoms with Crippen LogP contribution >= 0.6 is 0 Å². The molecule has 140 valence electrons. The van der Waals surface area contributed by atoms with E-state index in [9.17, 15) is 4.79 Å². The first-order chi connectivity index (χ1) is 13.6. The lowest BCUT2D eigenvalue weighted by Gasteiger charge is -2.28. The Bertz CT molecular complexity index is 972. The van der Waals surface area contributed by atoms with Crippen LogP contribution < -0.4 is 4.74 Å². The summed E-state index contributed by atoms with van der Waals surface area (Å²) in [4.78, 5) is 11.1. The Labute approximate surface area is 165 Å². The third-order valence-electron chi connectivity index (χ3n) is 5.42. The van der Waals surface area contributed by atoms with Crippen LogP contribution in [0.2, 0.25) is 0 Å². The molecule has 3 aromatic carbocycles. The minimum atomic E-state index is -0.439. The van der Waals surface area contributed by atoms with Crippen molar-refractivity contribution in [3.63, 3.8) is 0 Å². The van der Waals surface area contributed by atoms with Gasteiger partial charge in [-0.2, -0.15) is 0 Å². The van der Waals surface area contributed by atoms with Gasteiger partial charge in [-0.05, 0) is 46.9 Å². The summed E-state index contributed by atoms with van der Waals surface area (Å²) >= 11 is 0. The van der Waals surface area contributed by atoms with Crippen molar-refractivity contribution < 1.29 is 14.3 Å². The number of esters is 1. The maximum atomic E-state index is 11.1. The molecule has 3 aromatic rings. The van der Waals surface area contributed by atoms with Crippen LogP contribution in [0.3, 0.4) is 0 Å². The van der Waals surface area contributed by atoms with Gasteiger partial charge in [0.15, 0.2) is 0 Å². The number of ether oxygens (including phenoxy) is 2. The molecule has 0 saturated heterocycles. The van der Waals surface area contributed by atoms with E-state index in [1.54, 1.807) is 0 Å². The van der Waals surface area contributed by atoms with Gasteiger partial charge in [0, 0.05) is 11.5 Å². The summed E-state index contributed by atoms with van der Waals surface area (Å²) < 4.78 is 10.6. The largest absolute Gasteiger partial charge is 0.490 e. The van der Waals surface area contributed by atoms with Gasteiger partial charge in [0.2, 0.25) is 0 Å². The fraction of sp³-hybridized carbons (Fsp3) is 0.160. The van der Waals surface area contributed by atoms with Crippen LogP contribution in [-0.4, -0.2) is 19.2 Å². The third-order valence-corrected chi connectivity index (χ3v) is 5.42. The minimum absolute atomic E-state index is 0.199. The average molecular weight is 370 g/mol. The van der Waals surface area contributed by atoms with Crippen LogP contribution in [-0.2, 0) is 14.9 Å². The summed E-state index contributed by atoms with van der Waals surface area (Å²) in [6, 6.07) is 25.4. The van der Waals surface area contributed by atoms with E-state index in [1.165, 1.54) is 27.8 Å². The monoisotopic (exact) mass is 370 g/mol.